The molecular formula is C15H18ClN3OS. The van der Waals surface area contributed by atoms with E-state index in [0.29, 0.717) is 0 Å². The van der Waals surface area contributed by atoms with Gasteiger partial charge in [0.1, 0.15) is 5.60 Å². The van der Waals surface area contributed by atoms with Crippen LogP contribution in [0.25, 0.3) is 0 Å². The third kappa shape index (κ3) is 2.52. The molecule has 0 aromatic carbocycles. The van der Waals surface area contributed by atoms with E-state index in [2.05, 4.69) is 21.2 Å². The predicted molar refractivity (Wildman–Crippen MR) is 83.8 cm³/mol. The first kappa shape index (κ1) is 13.8. The molecule has 0 atom stereocenters. The summed E-state index contributed by atoms with van der Waals surface area (Å²) in [6, 6.07) is 2.13. The quantitative estimate of drug-likeness (QED) is 0.922. The van der Waals surface area contributed by atoms with Crippen molar-refractivity contribution in [3.63, 3.8) is 0 Å². The van der Waals surface area contributed by atoms with Crippen LogP contribution in [0.2, 0.25) is 4.34 Å². The van der Waals surface area contributed by atoms with Gasteiger partial charge >= 0.3 is 0 Å². The van der Waals surface area contributed by atoms with E-state index in [1.165, 1.54) is 16.0 Å². The van der Waals surface area contributed by atoms with Crippen molar-refractivity contribution in [1.82, 2.24) is 15.1 Å². The Bertz CT molecular complexity index is 617. The molecule has 0 unspecified atom stereocenters. The van der Waals surface area contributed by atoms with Gasteiger partial charge in [0.05, 0.1) is 17.1 Å². The van der Waals surface area contributed by atoms with Crippen LogP contribution >= 0.6 is 22.9 Å². The van der Waals surface area contributed by atoms with Crippen LogP contribution in [0.5, 0.6) is 0 Å². The van der Waals surface area contributed by atoms with Crippen molar-refractivity contribution in [3.8, 4) is 0 Å². The minimum absolute atomic E-state index is 0.0850. The summed E-state index contributed by atoms with van der Waals surface area (Å²) in [5.41, 5.74) is 2.56. The summed E-state index contributed by atoms with van der Waals surface area (Å²) in [7, 11) is 0. The molecule has 0 amide bonds. The first-order valence-corrected chi connectivity index (χ1v) is 8.57. The lowest BCUT2D eigenvalue weighted by Crippen LogP contribution is -2.45. The number of piperidine rings is 1. The smallest absolute Gasteiger partial charge is 0.105 e. The number of rotatable bonds is 2. The molecule has 4 heterocycles. The molecule has 4 rings (SSSR count). The third-order valence-electron chi connectivity index (χ3n) is 4.57. The fourth-order valence-electron chi connectivity index (χ4n) is 3.45. The SMILES string of the molecule is Clc1cc2c(s1)C1(CCN(Cc3cn[nH]c3)CC1)OCC2. The number of nitrogens with one attached hydrogen (secondary N) is 1. The van der Waals surface area contributed by atoms with Crippen LogP contribution in [0.4, 0.5) is 0 Å². The van der Waals surface area contributed by atoms with Crippen LogP contribution in [-0.4, -0.2) is 34.8 Å². The summed E-state index contributed by atoms with van der Waals surface area (Å²) in [5.74, 6) is 0. The minimum Gasteiger partial charge on any atom is -0.369 e. The Morgan fingerprint density at radius 2 is 2.29 bits per heavy atom. The van der Waals surface area contributed by atoms with Gasteiger partial charge in [-0.15, -0.1) is 11.3 Å². The van der Waals surface area contributed by atoms with Crippen molar-refractivity contribution in [3.05, 3.63) is 38.8 Å². The van der Waals surface area contributed by atoms with Crippen molar-refractivity contribution < 1.29 is 4.74 Å². The fraction of sp³-hybridized carbons (Fsp3) is 0.533. The van der Waals surface area contributed by atoms with Crippen LogP contribution in [0.3, 0.4) is 0 Å². The van der Waals surface area contributed by atoms with Crippen LogP contribution in [-0.2, 0) is 23.3 Å². The Balaban J connectivity index is 1.49. The highest BCUT2D eigenvalue weighted by atomic mass is 35.5. The molecule has 2 aliphatic heterocycles. The molecule has 0 radical (unpaired) electrons. The molecule has 0 bridgehead atoms. The number of aromatic amines is 1. The molecule has 0 saturated carbocycles. The molecule has 6 heteroatoms. The Labute approximate surface area is 133 Å². The van der Waals surface area contributed by atoms with E-state index in [9.17, 15) is 0 Å². The number of ether oxygens (including phenoxy) is 1. The Morgan fingerprint density at radius 1 is 1.43 bits per heavy atom. The minimum atomic E-state index is -0.0850. The average Bonchev–Trinajstić information content (AvgIpc) is 3.11. The number of hydrogen-bond acceptors (Lipinski definition) is 4. The number of nitrogens with zero attached hydrogens (tertiary/aromatic N) is 2. The van der Waals surface area contributed by atoms with Crippen LogP contribution in [0, 0.1) is 0 Å². The first-order chi connectivity index (χ1) is 10.3. The zero-order chi connectivity index (χ0) is 14.3. The molecular weight excluding hydrogens is 306 g/mol. The van der Waals surface area contributed by atoms with Crippen molar-refractivity contribution in [2.75, 3.05) is 19.7 Å². The van der Waals surface area contributed by atoms with E-state index in [-0.39, 0.29) is 5.60 Å². The van der Waals surface area contributed by atoms with Gasteiger partial charge in [-0.2, -0.15) is 5.10 Å². The lowest BCUT2D eigenvalue weighted by Gasteiger charge is -2.43. The van der Waals surface area contributed by atoms with Crippen molar-refractivity contribution in [2.24, 2.45) is 0 Å². The van der Waals surface area contributed by atoms with Gasteiger partial charge in [-0.25, -0.2) is 0 Å². The highest BCUT2D eigenvalue weighted by molar-refractivity contribution is 7.16. The summed E-state index contributed by atoms with van der Waals surface area (Å²) in [4.78, 5) is 3.85. The van der Waals surface area contributed by atoms with Crippen LogP contribution in [0.1, 0.15) is 28.8 Å². The Hall–Kier alpha value is -0.880. The van der Waals surface area contributed by atoms with Gasteiger partial charge in [0.2, 0.25) is 0 Å². The number of likely N-dealkylation sites (tertiary alicyclic amines) is 1. The third-order valence-corrected chi connectivity index (χ3v) is 6.06. The summed E-state index contributed by atoms with van der Waals surface area (Å²) in [6.45, 7) is 3.90. The first-order valence-electron chi connectivity index (χ1n) is 7.38. The second kappa shape index (κ2) is 5.39. The monoisotopic (exact) mass is 323 g/mol. The molecule has 2 aromatic rings. The lowest BCUT2D eigenvalue weighted by atomic mass is 9.85. The number of halogens is 1. The number of fused-ring (bicyclic) bond motifs is 2. The Morgan fingerprint density at radius 3 is 3.05 bits per heavy atom. The molecule has 1 spiro atoms. The van der Waals surface area contributed by atoms with Gasteiger partial charge < -0.3 is 4.74 Å². The fourth-order valence-corrected chi connectivity index (χ4v) is 4.95. The molecule has 2 aromatic heterocycles. The maximum Gasteiger partial charge on any atom is 0.105 e. The van der Waals surface area contributed by atoms with E-state index in [0.717, 1.165) is 49.8 Å². The topological polar surface area (TPSA) is 41.2 Å². The zero-order valence-corrected chi connectivity index (χ0v) is 13.3. The molecule has 1 fully saturated rings. The predicted octanol–water partition coefficient (Wildman–Crippen LogP) is 3.19. The van der Waals surface area contributed by atoms with E-state index in [1.807, 2.05) is 12.4 Å². The standard InChI is InChI=1S/C15H18ClN3OS/c16-13-7-12-1-6-20-15(14(12)21-13)2-4-19(5-3-15)10-11-8-17-18-9-11/h7-9H,1-6,10H2,(H,17,18). The molecule has 2 aliphatic rings. The maximum absolute atomic E-state index is 6.24. The van der Waals surface area contributed by atoms with Crippen LogP contribution in [0.15, 0.2) is 18.5 Å². The van der Waals surface area contributed by atoms with E-state index < -0.39 is 0 Å². The van der Waals surface area contributed by atoms with Crippen molar-refractivity contribution in [1.29, 1.82) is 0 Å². The van der Waals surface area contributed by atoms with Crippen LogP contribution < -0.4 is 0 Å². The Kier molecular flexibility index (Phi) is 3.53. The molecule has 4 nitrogen and oxygen atoms in total. The molecule has 112 valence electrons. The van der Waals surface area contributed by atoms with Gasteiger partial charge in [-0.1, -0.05) is 11.6 Å². The van der Waals surface area contributed by atoms with E-state index in [1.54, 1.807) is 11.3 Å². The molecule has 1 N–H and O–H groups in total. The molecule has 0 aliphatic carbocycles. The van der Waals surface area contributed by atoms with Gasteiger partial charge in [0.25, 0.3) is 0 Å². The summed E-state index contributed by atoms with van der Waals surface area (Å²) in [5, 5.41) is 6.89. The molecule has 1 saturated heterocycles. The summed E-state index contributed by atoms with van der Waals surface area (Å²) in [6.07, 6.45) is 6.97. The second-order valence-electron chi connectivity index (χ2n) is 5.88. The number of thiophene rings is 1. The maximum atomic E-state index is 6.24. The van der Waals surface area contributed by atoms with Gasteiger partial charge in [-0.05, 0) is 30.9 Å². The van der Waals surface area contributed by atoms with Gasteiger partial charge in [0, 0.05) is 36.3 Å². The van der Waals surface area contributed by atoms with Gasteiger partial charge in [-0.3, -0.25) is 10.00 Å². The van der Waals surface area contributed by atoms with E-state index in [4.69, 9.17) is 16.3 Å². The number of hydrogen-bond donors (Lipinski definition) is 1. The number of aromatic nitrogens is 2. The van der Waals surface area contributed by atoms with E-state index >= 15 is 0 Å². The largest absolute Gasteiger partial charge is 0.369 e. The average molecular weight is 324 g/mol. The highest BCUT2D eigenvalue weighted by Crippen LogP contribution is 2.46. The second-order valence-corrected chi connectivity index (χ2v) is 7.56. The number of H-pyrrole nitrogens is 1. The van der Waals surface area contributed by atoms with Gasteiger partial charge in [0.15, 0.2) is 0 Å². The normalized spacial score (nSPS) is 21.6. The lowest BCUT2D eigenvalue weighted by molar-refractivity contribution is -0.0960. The molecule has 21 heavy (non-hydrogen) atoms. The van der Waals surface area contributed by atoms with Crippen molar-refractivity contribution in [2.45, 2.75) is 31.4 Å². The highest BCUT2D eigenvalue weighted by Gasteiger charge is 2.42. The zero-order valence-electron chi connectivity index (χ0n) is 11.8. The summed E-state index contributed by atoms with van der Waals surface area (Å²) >= 11 is 7.93. The van der Waals surface area contributed by atoms with Crippen molar-refractivity contribution >= 4 is 22.9 Å². The summed E-state index contributed by atoms with van der Waals surface area (Å²) < 4.78 is 7.13.